The van der Waals surface area contributed by atoms with E-state index in [4.69, 9.17) is 0 Å². The third-order valence-corrected chi connectivity index (χ3v) is 8.28. The molecular weight excluding hydrogens is 444 g/mol. The van der Waals surface area contributed by atoms with Crippen molar-refractivity contribution in [2.24, 2.45) is 0 Å². The standard InChI is InChI=1S/C32H37N2O2/c1-7-17-33-25-15-11-9-13-23(25)31(3,4)27(33)19-21-29(35)22(30(21)36)20-28-32(5,6)24-14-10-12-16-26(24)34(28)18-8-2/h9-16,19-20,27H,7-8,17-18H2,1-6H3/q+1. The molecule has 3 aromatic rings. The first-order valence-corrected chi connectivity index (χ1v) is 13.3. The Labute approximate surface area is 213 Å². The van der Waals surface area contributed by atoms with Gasteiger partial charge < -0.3 is 4.90 Å². The summed E-state index contributed by atoms with van der Waals surface area (Å²) in [6.45, 7) is 14.8. The second-order valence-electron chi connectivity index (χ2n) is 11.4. The lowest BCUT2D eigenvalue weighted by molar-refractivity contribution is -0.436. The average molecular weight is 482 g/mol. The first kappa shape index (κ1) is 24.4. The molecule has 0 saturated carbocycles. The van der Waals surface area contributed by atoms with Gasteiger partial charge in [-0.15, -0.1) is 0 Å². The molecule has 4 heteroatoms. The Balaban J connectivity index is 1.63. The van der Waals surface area contributed by atoms with E-state index in [9.17, 15) is 9.59 Å². The molecule has 0 saturated heterocycles. The number of benzene rings is 2. The van der Waals surface area contributed by atoms with Gasteiger partial charge in [-0.05, 0) is 38.0 Å². The van der Waals surface area contributed by atoms with Crippen LogP contribution in [0.2, 0.25) is 0 Å². The molecule has 186 valence electrons. The molecule has 0 radical (unpaired) electrons. The van der Waals surface area contributed by atoms with E-state index in [0.29, 0.717) is 10.4 Å². The number of anilines is 1. The van der Waals surface area contributed by atoms with Crippen molar-refractivity contribution in [1.82, 2.24) is 0 Å². The van der Waals surface area contributed by atoms with Crippen LogP contribution in [0.25, 0.3) is 12.2 Å². The van der Waals surface area contributed by atoms with Crippen LogP contribution in [-0.4, -0.2) is 29.4 Å². The zero-order valence-electron chi connectivity index (χ0n) is 22.4. The molecule has 2 heterocycles. The van der Waals surface area contributed by atoms with Gasteiger partial charge in [0.2, 0.25) is 16.5 Å². The van der Waals surface area contributed by atoms with Crippen LogP contribution in [0.3, 0.4) is 0 Å². The molecule has 1 unspecified atom stereocenters. The summed E-state index contributed by atoms with van der Waals surface area (Å²) in [5, 5.41) is 0.651. The number of para-hydroxylation sites is 2. The predicted molar refractivity (Wildman–Crippen MR) is 150 cm³/mol. The summed E-state index contributed by atoms with van der Waals surface area (Å²) in [6.07, 6.45) is 5.80. The third kappa shape index (κ3) is 3.45. The van der Waals surface area contributed by atoms with Crippen molar-refractivity contribution in [2.45, 2.75) is 71.3 Å². The summed E-state index contributed by atoms with van der Waals surface area (Å²) in [7, 11) is 0. The number of hydrogen-bond acceptors (Lipinski definition) is 3. The molecule has 0 bridgehead atoms. The van der Waals surface area contributed by atoms with Gasteiger partial charge in [0.25, 0.3) is 0 Å². The maximum Gasteiger partial charge on any atom is 0.209 e. The third-order valence-electron chi connectivity index (χ3n) is 8.28. The normalized spacial score (nSPS) is 19.5. The minimum absolute atomic E-state index is 0.0317. The largest absolute Gasteiger partial charge is 0.364 e. The maximum absolute atomic E-state index is 13.4. The van der Waals surface area contributed by atoms with Crippen molar-refractivity contribution >= 4 is 29.2 Å². The van der Waals surface area contributed by atoms with Gasteiger partial charge in [-0.25, -0.2) is 0 Å². The van der Waals surface area contributed by atoms with E-state index in [0.717, 1.165) is 31.6 Å². The molecule has 0 N–H and O–H groups in total. The Hall–Kier alpha value is -3.27. The lowest BCUT2D eigenvalue weighted by Gasteiger charge is -2.32. The highest BCUT2D eigenvalue weighted by Crippen LogP contribution is 2.45. The zero-order chi connectivity index (χ0) is 25.8. The minimum atomic E-state index is -0.272. The Morgan fingerprint density at radius 2 is 1.50 bits per heavy atom. The van der Waals surface area contributed by atoms with Gasteiger partial charge in [0, 0.05) is 41.8 Å². The van der Waals surface area contributed by atoms with Crippen molar-refractivity contribution in [1.29, 1.82) is 0 Å². The van der Waals surface area contributed by atoms with E-state index < -0.39 is 0 Å². The summed E-state index contributed by atoms with van der Waals surface area (Å²) < 4.78 is 2.28. The SMILES string of the molecule is CCCN1c2ccccc2C(C)(C)C1C=c1c(=O)c(=CC2=[N+](CCC)c3ccccc3C2(C)C)c1=O. The van der Waals surface area contributed by atoms with Gasteiger partial charge in [0.15, 0.2) is 5.71 Å². The molecule has 0 fully saturated rings. The van der Waals surface area contributed by atoms with E-state index in [-0.39, 0.29) is 27.7 Å². The first-order chi connectivity index (χ1) is 17.1. The van der Waals surface area contributed by atoms with E-state index >= 15 is 0 Å². The van der Waals surface area contributed by atoms with Crippen LogP contribution in [0.15, 0.2) is 58.1 Å². The number of hydrogen-bond donors (Lipinski definition) is 0. The van der Waals surface area contributed by atoms with Crippen LogP contribution in [0.4, 0.5) is 11.4 Å². The van der Waals surface area contributed by atoms with E-state index in [1.165, 1.54) is 22.5 Å². The van der Waals surface area contributed by atoms with Crippen molar-refractivity contribution in [3.8, 4) is 0 Å². The quantitative estimate of drug-likeness (QED) is 0.502. The highest BCUT2D eigenvalue weighted by Gasteiger charge is 2.45. The minimum Gasteiger partial charge on any atom is -0.364 e. The van der Waals surface area contributed by atoms with Crippen molar-refractivity contribution in [2.75, 3.05) is 18.0 Å². The fraction of sp³-hybridized carbons (Fsp3) is 0.406. The van der Waals surface area contributed by atoms with Crippen molar-refractivity contribution < 1.29 is 4.58 Å². The van der Waals surface area contributed by atoms with E-state index in [2.05, 4.69) is 99.5 Å². The van der Waals surface area contributed by atoms with Crippen molar-refractivity contribution in [3.05, 3.63) is 90.5 Å². The summed E-state index contributed by atoms with van der Waals surface area (Å²) in [6, 6.07) is 16.8. The molecule has 1 atom stereocenters. The molecule has 0 spiro atoms. The highest BCUT2D eigenvalue weighted by atomic mass is 16.1. The topological polar surface area (TPSA) is 40.4 Å². The lowest BCUT2D eigenvalue weighted by Crippen LogP contribution is -2.66. The maximum atomic E-state index is 13.4. The van der Waals surface area contributed by atoms with Crippen LogP contribution in [-0.2, 0) is 10.8 Å². The molecule has 2 aliphatic rings. The van der Waals surface area contributed by atoms with E-state index in [1.54, 1.807) is 0 Å². The molecule has 36 heavy (non-hydrogen) atoms. The van der Waals surface area contributed by atoms with Gasteiger partial charge in [0.1, 0.15) is 6.54 Å². The van der Waals surface area contributed by atoms with Gasteiger partial charge >= 0.3 is 0 Å². The second kappa shape index (κ2) is 8.69. The monoisotopic (exact) mass is 481 g/mol. The highest BCUT2D eigenvalue weighted by molar-refractivity contribution is 6.15. The van der Waals surface area contributed by atoms with Gasteiger partial charge in [0.05, 0.1) is 21.9 Å². The fourth-order valence-electron chi connectivity index (χ4n) is 6.34. The molecule has 0 aliphatic carbocycles. The molecule has 0 amide bonds. The zero-order valence-corrected chi connectivity index (χ0v) is 22.4. The average Bonchev–Trinajstić information content (AvgIpc) is 3.20. The van der Waals surface area contributed by atoms with Crippen LogP contribution >= 0.6 is 0 Å². The number of fused-ring (bicyclic) bond motifs is 2. The molecule has 5 rings (SSSR count). The Bertz CT molecular complexity index is 1530. The molecule has 0 aromatic heterocycles. The van der Waals surface area contributed by atoms with Gasteiger partial charge in [-0.1, -0.05) is 64.1 Å². The fourth-order valence-corrected chi connectivity index (χ4v) is 6.34. The first-order valence-electron chi connectivity index (χ1n) is 13.3. The molecule has 3 aromatic carbocycles. The summed E-state index contributed by atoms with van der Waals surface area (Å²) in [5.41, 5.74) is 5.20. The molecule has 4 nitrogen and oxygen atoms in total. The predicted octanol–water partition coefficient (Wildman–Crippen LogP) is 3.91. The molecular formula is C32H37N2O2+. The lowest BCUT2D eigenvalue weighted by atomic mass is 9.79. The van der Waals surface area contributed by atoms with Gasteiger partial charge in [-0.2, -0.15) is 4.58 Å². The Kier molecular flexibility index (Phi) is 5.89. The van der Waals surface area contributed by atoms with Crippen LogP contribution < -0.4 is 26.2 Å². The molecule has 2 aliphatic heterocycles. The van der Waals surface area contributed by atoms with Gasteiger partial charge in [-0.3, -0.25) is 9.59 Å². The smallest absolute Gasteiger partial charge is 0.209 e. The number of nitrogens with zero attached hydrogens (tertiary/aromatic N) is 2. The van der Waals surface area contributed by atoms with Crippen LogP contribution in [0.1, 0.15) is 65.5 Å². The second-order valence-corrected chi connectivity index (χ2v) is 11.4. The Morgan fingerprint density at radius 1 is 0.861 bits per heavy atom. The van der Waals surface area contributed by atoms with Crippen LogP contribution in [0, 0.1) is 0 Å². The van der Waals surface area contributed by atoms with Crippen molar-refractivity contribution in [3.63, 3.8) is 0 Å². The summed E-state index contributed by atoms with van der Waals surface area (Å²) in [4.78, 5) is 29.2. The Morgan fingerprint density at radius 3 is 2.17 bits per heavy atom. The summed E-state index contributed by atoms with van der Waals surface area (Å²) >= 11 is 0. The number of rotatable bonds is 6. The van der Waals surface area contributed by atoms with E-state index in [1.807, 2.05) is 12.2 Å². The van der Waals surface area contributed by atoms with Crippen LogP contribution in [0.5, 0.6) is 0 Å². The summed E-state index contributed by atoms with van der Waals surface area (Å²) in [5.74, 6) is 0.